The highest BCUT2D eigenvalue weighted by Crippen LogP contribution is 2.19. The quantitative estimate of drug-likeness (QED) is 0.204. The largest absolute Gasteiger partial charge is 0.468 e. The van der Waals surface area contributed by atoms with Crippen LogP contribution < -0.4 is 10.8 Å². The number of hydrogen-bond donors (Lipinski definition) is 4. The Hall–Kier alpha value is -3.42. The first-order valence-electron chi connectivity index (χ1n) is 9.18. The van der Waals surface area contributed by atoms with Crippen LogP contribution in [-0.4, -0.2) is 35.2 Å². The van der Waals surface area contributed by atoms with Gasteiger partial charge in [-0.2, -0.15) is 0 Å². The molecule has 3 aromatic rings. The van der Waals surface area contributed by atoms with Crippen molar-refractivity contribution in [3.63, 3.8) is 0 Å². The monoisotopic (exact) mass is 393 g/mol. The molecule has 1 amide bonds. The zero-order valence-electron chi connectivity index (χ0n) is 16.0. The molecular weight excluding hydrogens is 370 g/mol. The molecule has 1 aromatic heterocycles. The van der Waals surface area contributed by atoms with Crippen molar-refractivity contribution in [1.29, 1.82) is 0 Å². The molecule has 1 heterocycles. The van der Waals surface area contributed by atoms with Crippen LogP contribution in [0, 0.1) is 0 Å². The Balaban J connectivity index is 1.66. The lowest BCUT2D eigenvalue weighted by atomic mass is 10.0. The maximum absolute atomic E-state index is 12.3. The molecule has 0 saturated carbocycles. The minimum atomic E-state index is -0.589. The van der Waals surface area contributed by atoms with Gasteiger partial charge in [0.2, 0.25) is 0 Å². The molecule has 1 atom stereocenters. The maximum atomic E-state index is 12.3. The van der Waals surface area contributed by atoms with Gasteiger partial charge in [0.05, 0.1) is 7.11 Å². The minimum Gasteiger partial charge on any atom is -0.468 e. The number of benzene rings is 2. The van der Waals surface area contributed by atoms with Crippen LogP contribution in [0.2, 0.25) is 0 Å². The fourth-order valence-electron chi connectivity index (χ4n) is 3.10. The predicted molar refractivity (Wildman–Crippen MR) is 110 cm³/mol. The van der Waals surface area contributed by atoms with Gasteiger partial charge in [-0.05, 0) is 28.8 Å². The van der Waals surface area contributed by atoms with Crippen molar-refractivity contribution in [2.75, 3.05) is 7.11 Å². The summed E-state index contributed by atoms with van der Waals surface area (Å²) >= 11 is 0. The van der Waals surface area contributed by atoms with Gasteiger partial charge in [0.25, 0.3) is 5.91 Å². The Bertz CT molecular complexity index is 1010. The van der Waals surface area contributed by atoms with Crippen molar-refractivity contribution in [3.05, 3.63) is 77.5 Å². The lowest BCUT2D eigenvalue weighted by Gasteiger charge is -2.16. The van der Waals surface area contributed by atoms with E-state index in [2.05, 4.69) is 10.3 Å². The van der Waals surface area contributed by atoms with E-state index in [1.54, 1.807) is 11.6 Å². The summed E-state index contributed by atoms with van der Waals surface area (Å²) in [6, 6.07) is 15.0. The van der Waals surface area contributed by atoms with Gasteiger partial charge in [-0.15, -0.1) is 0 Å². The molecule has 0 aliphatic heterocycles. The summed E-state index contributed by atoms with van der Waals surface area (Å²) in [6.45, 7) is 0.489. The molecule has 29 heavy (non-hydrogen) atoms. The van der Waals surface area contributed by atoms with Crippen molar-refractivity contribution >= 4 is 28.9 Å². The molecule has 7 heteroatoms. The SMILES string of the molecule is COC(=O)[C@H](Cc1c[nH]c2ccccc12)NCc1ccc(C=CC(=O)NO)cc1. The highest BCUT2D eigenvalue weighted by Gasteiger charge is 2.20. The zero-order chi connectivity index (χ0) is 20.6. The van der Waals surface area contributed by atoms with Crippen molar-refractivity contribution in [2.45, 2.75) is 19.0 Å². The molecule has 4 N–H and O–H groups in total. The Morgan fingerprint density at radius 2 is 1.93 bits per heavy atom. The highest BCUT2D eigenvalue weighted by molar-refractivity contribution is 5.90. The van der Waals surface area contributed by atoms with Gasteiger partial charge in [0.1, 0.15) is 6.04 Å². The van der Waals surface area contributed by atoms with E-state index in [0.29, 0.717) is 13.0 Å². The van der Waals surface area contributed by atoms with E-state index in [1.165, 1.54) is 13.2 Å². The van der Waals surface area contributed by atoms with E-state index in [1.807, 2.05) is 54.7 Å². The van der Waals surface area contributed by atoms with Crippen LogP contribution in [0.5, 0.6) is 0 Å². The Morgan fingerprint density at radius 1 is 1.17 bits per heavy atom. The summed E-state index contributed by atoms with van der Waals surface area (Å²) in [5.74, 6) is -0.904. The van der Waals surface area contributed by atoms with Crippen LogP contribution in [0.1, 0.15) is 16.7 Å². The fourth-order valence-corrected chi connectivity index (χ4v) is 3.10. The third kappa shape index (κ3) is 5.31. The second kappa shape index (κ2) is 9.68. The molecule has 0 bridgehead atoms. The molecule has 0 unspecified atom stereocenters. The van der Waals surface area contributed by atoms with Gasteiger partial charge in [0.15, 0.2) is 0 Å². The van der Waals surface area contributed by atoms with Crippen molar-refractivity contribution in [1.82, 2.24) is 15.8 Å². The molecule has 2 aromatic carbocycles. The molecule has 7 nitrogen and oxygen atoms in total. The van der Waals surface area contributed by atoms with Crippen molar-refractivity contribution in [2.24, 2.45) is 0 Å². The van der Waals surface area contributed by atoms with Crippen LogP contribution in [0.15, 0.2) is 60.8 Å². The van der Waals surface area contributed by atoms with Crippen molar-refractivity contribution in [3.8, 4) is 0 Å². The van der Waals surface area contributed by atoms with Crippen LogP contribution in [0.3, 0.4) is 0 Å². The van der Waals surface area contributed by atoms with E-state index in [0.717, 1.165) is 27.6 Å². The standard InChI is InChI=1S/C22H23N3O4/c1-29-22(27)20(12-17-14-24-19-5-3-2-4-18(17)19)23-13-16-8-6-15(7-9-16)10-11-21(26)25-28/h2-11,14,20,23-24,28H,12-13H2,1H3,(H,25,26)/t20-/m0/s1. The second-order valence-corrected chi connectivity index (χ2v) is 6.57. The number of hydrogen-bond acceptors (Lipinski definition) is 5. The number of carbonyl (C=O) groups is 2. The summed E-state index contributed by atoms with van der Waals surface area (Å²) in [5, 5.41) is 12.8. The molecule has 150 valence electrons. The summed E-state index contributed by atoms with van der Waals surface area (Å²) in [7, 11) is 1.38. The van der Waals surface area contributed by atoms with E-state index in [4.69, 9.17) is 9.94 Å². The fraction of sp³-hybridized carbons (Fsp3) is 0.182. The van der Waals surface area contributed by atoms with Crippen LogP contribution >= 0.6 is 0 Å². The number of amides is 1. The van der Waals surface area contributed by atoms with Gasteiger partial charge in [0, 0.05) is 36.1 Å². The average molecular weight is 393 g/mol. The lowest BCUT2D eigenvalue weighted by molar-refractivity contribution is -0.143. The van der Waals surface area contributed by atoms with Gasteiger partial charge in [-0.25, -0.2) is 5.48 Å². The molecule has 0 spiro atoms. The molecule has 0 saturated heterocycles. The third-order valence-electron chi connectivity index (χ3n) is 4.65. The Morgan fingerprint density at radius 3 is 2.66 bits per heavy atom. The maximum Gasteiger partial charge on any atom is 0.323 e. The number of fused-ring (bicyclic) bond motifs is 1. The van der Waals surface area contributed by atoms with Crippen LogP contribution in [0.4, 0.5) is 0 Å². The lowest BCUT2D eigenvalue weighted by Crippen LogP contribution is -2.39. The average Bonchev–Trinajstić information content (AvgIpc) is 3.18. The Kier molecular flexibility index (Phi) is 6.78. The molecule has 0 radical (unpaired) electrons. The van der Waals surface area contributed by atoms with Gasteiger partial charge >= 0.3 is 5.97 Å². The highest BCUT2D eigenvalue weighted by atomic mass is 16.5. The first kappa shape index (κ1) is 20.3. The predicted octanol–water partition coefficient (Wildman–Crippen LogP) is 2.56. The number of ether oxygens (including phenoxy) is 1. The van der Waals surface area contributed by atoms with Crippen molar-refractivity contribution < 1.29 is 19.5 Å². The van der Waals surface area contributed by atoms with Crippen LogP contribution in [-0.2, 0) is 27.3 Å². The summed E-state index contributed by atoms with van der Waals surface area (Å²) < 4.78 is 4.97. The number of para-hydroxylation sites is 1. The summed E-state index contributed by atoms with van der Waals surface area (Å²) in [6.07, 6.45) is 5.26. The Labute approximate surface area is 168 Å². The van der Waals surface area contributed by atoms with Gasteiger partial charge in [-0.3, -0.25) is 14.8 Å². The number of nitrogens with one attached hydrogen (secondary N) is 3. The third-order valence-corrected chi connectivity index (χ3v) is 4.65. The topological polar surface area (TPSA) is 103 Å². The zero-order valence-corrected chi connectivity index (χ0v) is 16.0. The normalized spacial score (nSPS) is 12.2. The molecule has 0 aliphatic carbocycles. The summed E-state index contributed by atoms with van der Waals surface area (Å²) in [4.78, 5) is 26.5. The number of carbonyl (C=O) groups excluding carboxylic acids is 2. The van der Waals surface area contributed by atoms with E-state index >= 15 is 0 Å². The number of methoxy groups -OCH3 is 1. The van der Waals surface area contributed by atoms with Crippen LogP contribution in [0.25, 0.3) is 17.0 Å². The minimum absolute atomic E-state index is 0.315. The number of aromatic amines is 1. The number of esters is 1. The number of hydroxylamine groups is 1. The first-order valence-corrected chi connectivity index (χ1v) is 9.18. The molecule has 0 fully saturated rings. The molecule has 3 rings (SSSR count). The van der Waals surface area contributed by atoms with E-state index in [9.17, 15) is 9.59 Å². The first-order chi connectivity index (χ1) is 14.1. The smallest absolute Gasteiger partial charge is 0.323 e. The number of H-pyrrole nitrogens is 1. The van der Waals surface area contributed by atoms with E-state index < -0.39 is 11.9 Å². The second-order valence-electron chi connectivity index (χ2n) is 6.57. The van der Waals surface area contributed by atoms with Gasteiger partial charge < -0.3 is 15.0 Å². The van der Waals surface area contributed by atoms with Gasteiger partial charge in [-0.1, -0.05) is 42.5 Å². The summed E-state index contributed by atoms with van der Waals surface area (Å²) in [5.41, 5.74) is 5.43. The number of aromatic nitrogens is 1. The molecule has 0 aliphatic rings. The molecular formula is C22H23N3O4. The van der Waals surface area contributed by atoms with E-state index in [-0.39, 0.29) is 5.97 Å². The number of rotatable bonds is 8.